The minimum Gasteiger partial charge on any atom is -0.350 e. The molecular weight excluding hydrogens is 319 g/mol. The lowest BCUT2D eigenvalue weighted by atomic mass is 10.1. The molecule has 0 atom stereocenters. The summed E-state index contributed by atoms with van der Waals surface area (Å²) >= 11 is 17.6. The van der Waals surface area contributed by atoms with Gasteiger partial charge in [-0.25, -0.2) is 4.98 Å². The average molecular weight is 330 g/mol. The third-order valence-corrected chi connectivity index (χ3v) is 3.92. The highest BCUT2D eigenvalue weighted by Gasteiger charge is 2.16. The molecule has 0 fully saturated rings. The van der Waals surface area contributed by atoms with Gasteiger partial charge in [-0.2, -0.15) is 0 Å². The number of halogens is 3. The second-order valence-corrected chi connectivity index (χ2v) is 5.24. The molecule has 1 N–H and O–H groups in total. The zero-order chi connectivity index (χ0) is 14.5. The van der Waals surface area contributed by atoms with Gasteiger partial charge in [-0.1, -0.05) is 65.1 Å². The van der Waals surface area contributed by atoms with Gasteiger partial charge in [0.05, 0.1) is 15.1 Å². The number of carbonyl (C=O) groups is 1. The Labute approximate surface area is 131 Å². The van der Waals surface area contributed by atoms with E-state index in [2.05, 4.69) is 10.3 Å². The lowest BCUT2D eigenvalue weighted by molar-refractivity contribution is 0.0949. The maximum Gasteiger partial charge on any atom is 0.271 e. The first kappa shape index (κ1) is 15.1. The van der Waals surface area contributed by atoms with Crippen LogP contribution in [0.1, 0.15) is 16.1 Å². The summed E-state index contributed by atoms with van der Waals surface area (Å²) in [7, 11) is 0. The molecule has 20 heavy (non-hydrogen) atoms. The van der Waals surface area contributed by atoms with Crippen LogP contribution < -0.4 is 5.32 Å². The van der Waals surface area contributed by atoms with Gasteiger partial charge in [0.2, 0.25) is 0 Å². The predicted molar refractivity (Wildman–Crippen MR) is 81.7 cm³/mol. The highest BCUT2D eigenvalue weighted by molar-refractivity contribution is 6.48. The van der Waals surface area contributed by atoms with E-state index < -0.39 is 0 Å². The van der Waals surface area contributed by atoms with Crippen LogP contribution in [0.5, 0.6) is 0 Å². The Morgan fingerprint density at radius 3 is 2.50 bits per heavy atom. The van der Waals surface area contributed by atoms with Crippen molar-refractivity contribution < 1.29 is 4.79 Å². The molecule has 1 amide bonds. The number of rotatable bonds is 4. The normalized spacial score (nSPS) is 10.3. The fourth-order valence-corrected chi connectivity index (χ4v) is 2.22. The summed E-state index contributed by atoms with van der Waals surface area (Å²) in [5.74, 6) is -0.371. The van der Waals surface area contributed by atoms with Gasteiger partial charge >= 0.3 is 0 Å². The first-order chi connectivity index (χ1) is 9.59. The zero-order valence-corrected chi connectivity index (χ0v) is 12.6. The van der Waals surface area contributed by atoms with Crippen molar-refractivity contribution in [1.29, 1.82) is 0 Å². The van der Waals surface area contributed by atoms with Crippen molar-refractivity contribution in [3.63, 3.8) is 0 Å². The molecule has 1 aromatic heterocycles. The fourth-order valence-electron chi connectivity index (χ4n) is 1.65. The number of hydrogen-bond acceptors (Lipinski definition) is 2. The molecule has 0 aliphatic rings. The number of hydrogen-bond donors (Lipinski definition) is 1. The van der Waals surface area contributed by atoms with Crippen LogP contribution in [0.2, 0.25) is 15.1 Å². The van der Waals surface area contributed by atoms with Gasteiger partial charge in [0.15, 0.2) is 0 Å². The van der Waals surface area contributed by atoms with Crippen molar-refractivity contribution in [2.75, 3.05) is 6.54 Å². The minimum atomic E-state index is -0.371. The Morgan fingerprint density at radius 2 is 1.80 bits per heavy atom. The van der Waals surface area contributed by atoms with Crippen molar-refractivity contribution >= 4 is 40.7 Å². The molecule has 2 rings (SSSR count). The smallest absolute Gasteiger partial charge is 0.271 e. The zero-order valence-electron chi connectivity index (χ0n) is 10.4. The quantitative estimate of drug-likeness (QED) is 0.920. The number of pyridine rings is 1. The molecule has 6 heteroatoms. The lowest BCUT2D eigenvalue weighted by Gasteiger charge is -2.07. The Morgan fingerprint density at radius 1 is 1.10 bits per heavy atom. The van der Waals surface area contributed by atoms with E-state index in [-0.39, 0.29) is 26.7 Å². The topological polar surface area (TPSA) is 42.0 Å². The highest BCUT2D eigenvalue weighted by atomic mass is 35.5. The minimum absolute atomic E-state index is 0.0661. The van der Waals surface area contributed by atoms with Crippen LogP contribution in [0.25, 0.3) is 0 Å². The van der Waals surface area contributed by atoms with Crippen molar-refractivity contribution in [1.82, 2.24) is 10.3 Å². The van der Waals surface area contributed by atoms with E-state index in [9.17, 15) is 4.79 Å². The van der Waals surface area contributed by atoms with Gasteiger partial charge in [-0.15, -0.1) is 0 Å². The summed E-state index contributed by atoms with van der Waals surface area (Å²) < 4.78 is 0. The maximum atomic E-state index is 12.0. The lowest BCUT2D eigenvalue weighted by Crippen LogP contribution is -2.26. The molecule has 3 nitrogen and oxygen atoms in total. The van der Waals surface area contributed by atoms with Gasteiger partial charge < -0.3 is 5.32 Å². The molecule has 0 bridgehead atoms. The van der Waals surface area contributed by atoms with E-state index in [1.54, 1.807) is 0 Å². The van der Waals surface area contributed by atoms with Crippen molar-refractivity contribution in [3.8, 4) is 0 Å². The number of aromatic nitrogens is 1. The molecule has 0 unspecified atom stereocenters. The third-order valence-electron chi connectivity index (χ3n) is 2.67. The van der Waals surface area contributed by atoms with Crippen LogP contribution in [0, 0.1) is 0 Å². The van der Waals surface area contributed by atoms with Gasteiger partial charge in [0.25, 0.3) is 5.91 Å². The number of nitrogens with zero attached hydrogens (tertiary/aromatic N) is 1. The van der Waals surface area contributed by atoms with Crippen LogP contribution in [0.4, 0.5) is 0 Å². The highest BCUT2D eigenvalue weighted by Crippen LogP contribution is 2.30. The molecule has 0 aliphatic carbocycles. The number of amides is 1. The van der Waals surface area contributed by atoms with Gasteiger partial charge in [0.1, 0.15) is 5.69 Å². The third kappa shape index (κ3) is 3.63. The molecule has 0 spiro atoms. The van der Waals surface area contributed by atoms with Crippen LogP contribution in [0.15, 0.2) is 36.5 Å². The second kappa shape index (κ2) is 6.93. The Hall–Kier alpha value is -1.29. The van der Waals surface area contributed by atoms with Gasteiger partial charge in [-0.05, 0) is 12.0 Å². The van der Waals surface area contributed by atoms with Gasteiger partial charge in [-0.3, -0.25) is 4.79 Å². The molecule has 0 radical (unpaired) electrons. The number of benzene rings is 1. The Kier molecular flexibility index (Phi) is 5.24. The summed E-state index contributed by atoms with van der Waals surface area (Å²) in [6, 6.07) is 9.84. The molecule has 2 aromatic rings. The summed E-state index contributed by atoms with van der Waals surface area (Å²) in [6.45, 7) is 0.487. The van der Waals surface area contributed by atoms with E-state index in [1.807, 2.05) is 30.3 Å². The molecule has 1 aromatic carbocycles. The summed E-state index contributed by atoms with van der Waals surface area (Å²) in [4.78, 5) is 15.9. The SMILES string of the molecule is O=C(NCCc1ccccc1)c1ncc(Cl)c(Cl)c1Cl. The van der Waals surface area contributed by atoms with Crippen LogP contribution >= 0.6 is 34.8 Å². The molecule has 0 aliphatic heterocycles. The van der Waals surface area contributed by atoms with Crippen molar-refractivity contribution in [3.05, 3.63) is 62.9 Å². The molecule has 0 saturated carbocycles. The van der Waals surface area contributed by atoms with Crippen molar-refractivity contribution in [2.45, 2.75) is 6.42 Å². The largest absolute Gasteiger partial charge is 0.350 e. The Balaban J connectivity index is 1.97. The van der Waals surface area contributed by atoms with E-state index in [1.165, 1.54) is 6.20 Å². The molecular formula is C14H11Cl3N2O. The molecule has 0 saturated heterocycles. The average Bonchev–Trinajstić information content (AvgIpc) is 2.46. The first-order valence-electron chi connectivity index (χ1n) is 5.91. The molecule has 104 valence electrons. The van der Waals surface area contributed by atoms with E-state index in [0.29, 0.717) is 6.54 Å². The van der Waals surface area contributed by atoms with Crippen LogP contribution in [-0.2, 0) is 6.42 Å². The van der Waals surface area contributed by atoms with Crippen molar-refractivity contribution in [2.24, 2.45) is 0 Å². The van der Waals surface area contributed by atoms with Crippen LogP contribution in [-0.4, -0.2) is 17.4 Å². The van der Waals surface area contributed by atoms with Crippen LogP contribution in [0.3, 0.4) is 0 Å². The van der Waals surface area contributed by atoms with E-state index in [4.69, 9.17) is 34.8 Å². The summed E-state index contributed by atoms with van der Waals surface area (Å²) in [6.07, 6.45) is 2.04. The van der Waals surface area contributed by atoms with E-state index in [0.717, 1.165) is 12.0 Å². The monoisotopic (exact) mass is 328 g/mol. The van der Waals surface area contributed by atoms with Gasteiger partial charge in [0, 0.05) is 12.7 Å². The molecule has 1 heterocycles. The second-order valence-electron chi connectivity index (χ2n) is 4.07. The number of nitrogens with one attached hydrogen (secondary N) is 1. The predicted octanol–water partition coefficient (Wildman–Crippen LogP) is 4.01. The summed E-state index contributed by atoms with van der Waals surface area (Å²) in [5.41, 5.74) is 1.22. The summed E-state index contributed by atoms with van der Waals surface area (Å²) in [5, 5.41) is 3.17. The van der Waals surface area contributed by atoms with E-state index >= 15 is 0 Å². The first-order valence-corrected chi connectivity index (χ1v) is 7.04. The number of carbonyl (C=O) groups excluding carboxylic acids is 1. The Bertz CT molecular complexity index is 617. The standard InChI is InChI=1S/C14H11Cl3N2O/c15-10-8-19-13(12(17)11(10)16)14(20)18-7-6-9-4-2-1-3-5-9/h1-5,8H,6-7H2,(H,18,20). The maximum absolute atomic E-state index is 12.0. The fraction of sp³-hybridized carbons (Fsp3) is 0.143.